The Morgan fingerprint density at radius 1 is 1.69 bits per heavy atom. The van der Waals surface area contributed by atoms with E-state index in [0.29, 0.717) is 0 Å². The van der Waals surface area contributed by atoms with Gasteiger partial charge in [0.05, 0.1) is 12.5 Å². The molecule has 0 spiro atoms. The summed E-state index contributed by atoms with van der Waals surface area (Å²) in [5, 5.41) is 8.57. The zero-order valence-electron chi connectivity index (χ0n) is 6.65. The number of aromatic nitrogens is 2. The first kappa shape index (κ1) is 9.63. The van der Waals surface area contributed by atoms with Crippen molar-refractivity contribution >= 4 is 5.97 Å². The Morgan fingerprint density at radius 2 is 2.38 bits per heavy atom. The number of alkyl halides is 2. The van der Waals surface area contributed by atoms with E-state index in [2.05, 4.69) is 4.98 Å². The number of nitrogens with zero attached hydrogens (tertiary/aromatic N) is 2. The molecule has 0 aromatic carbocycles. The molecule has 72 valence electrons. The van der Waals surface area contributed by atoms with Crippen molar-refractivity contribution in [2.75, 3.05) is 0 Å². The highest BCUT2D eigenvalue weighted by atomic mass is 19.3. The molecule has 0 unspecified atom stereocenters. The SMILES string of the molecule is O=C(O)c1cncn1CCC(F)F. The van der Waals surface area contributed by atoms with Crippen LogP contribution in [0, 0.1) is 0 Å². The minimum absolute atomic E-state index is 0.0285. The van der Waals surface area contributed by atoms with Crippen molar-refractivity contribution in [2.45, 2.75) is 19.4 Å². The Kier molecular flexibility index (Phi) is 2.94. The van der Waals surface area contributed by atoms with Crippen molar-refractivity contribution in [2.24, 2.45) is 0 Å². The Hall–Kier alpha value is -1.46. The molecule has 0 aliphatic carbocycles. The molecule has 4 nitrogen and oxygen atoms in total. The smallest absolute Gasteiger partial charge is 0.354 e. The van der Waals surface area contributed by atoms with Gasteiger partial charge in [-0.25, -0.2) is 18.6 Å². The lowest BCUT2D eigenvalue weighted by Gasteiger charge is -2.03. The van der Waals surface area contributed by atoms with Crippen LogP contribution in [-0.4, -0.2) is 27.1 Å². The van der Waals surface area contributed by atoms with E-state index in [1.54, 1.807) is 0 Å². The van der Waals surface area contributed by atoms with Crippen LogP contribution in [0.5, 0.6) is 0 Å². The Morgan fingerprint density at radius 3 is 2.92 bits per heavy atom. The molecule has 0 aliphatic rings. The Balaban J connectivity index is 2.65. The molecule has 6 heteroatoms. The van der Waals surface area contributed by atoms with Gasteiger partial charge in [-0.15, -0.1) is 0 Å². The highest BCUT2D eigenvalue weighted by molar-refractivity contribution is 5.85. The van der Waals surface area contributed by atoms with E-state index in [0.717, 1.165) is 6.20 Å². The Bertz CT molecular complexity index is 298. The second kappa shape index (κ2) is 3.97. The zero-order chi connectivity index (χ0) is 9.84. The average molecular weight is 190 g/mol. The molecule has 0 bridgehead atoms. The second-order valence-electron chi connectivity index (χ2n) is 2.46. The number of hydrogen-bond donors (Lipinski definition) is 1. The van der Waals surface area contributed by atoms with Crippen molar-refractivity contribution in [1.82, 2.24) is 9.55 Å². The van der Waals surface area contributed by atoms with Crippen LogP contribution in [0.25, 0.3) is 0 Å². The van der Waals surface area contributed by atoms with Gasteiger partial charge in [-0.1, -0.05) is 0 Å². The fourth-order valence-corrected chi connectivity index (χ4v) is 0.914. The predicted octanol–water partition coefficient (Wildman–Crippen LogP) is 1.24. The maximum atomic E-state index is 11.8. The number of rotatable bonds is 4. The molecular weight excluding hydrogens is 182 g/mol. The van der Waals surface area contributed by atoms with Crippen molar-refractivity contribution in [3.63, 3.8) is 0 Å². The maximum absolute atomic E-state index is 11.8. The molecule has 1 N–H and O–H groups in total. The van der Waals surface area contributed by atoms with Crippen LogP contribution in [0.3, 0.4) is 0 Å². The Labute approximate surface area is 72.8 Å². The lowest BCUT2D eigenvalue weighted by Crippen LogP contribution is -2.09. The summed E-state index contributed by atoms with van der Waals surface area (Å²) >= 11 is 0. The van der Waals surface area contributed by atoms with E-state index in [1.165, 1.54) is 10.9 Å². The fraction of sp³-hybridized carbons (Fsp3) is 0.429. The second-order valence-corrected chi connectivity index (χ2v) is 2.46. The third-order valence-electron chi connectivity index (χ3n) is 1.52. The molecule has 0 aliphatic heterocycles. The number of aryl methyl sites for hydroxylation is 1. The van der Waals surface area contributed by atoms with Crippen LogP contribution in [0.4, 0.5) is 8.78 Å². The number of aromatic carboxylic acids is 1. The molecule has 1 rings (SSSR count). The van der Waals surface area contributed by atoms with Crippen LogP contribution < -0.4 is 0 Å². The maximum Gasteiger partial charge on any atom is 0.354 e. The first-order valence-corrected chi connectivity index (χ1v) is 3.63. The van der Waals surface area contributed by atoms with Gasteiger partial charge in [-0.3, -0.25) is 0 Å². The number of imidazole rings is 1. The van der Waals surface area contributed by atoms with Crippen molar-refractivity contribution in [3.05, 3.63) is 18.2 Å². The highest BCUT2D eigenvalue weighted by Crippen LogP contribution is 2.05. The van der Waals surface area contributed by atoms with Crippen molar-refractivity contribution < 1.29 is 18.7 Å². The molecule has 1 aromatic rings. The molecular formula is C7H8F2N2O2. The number of carbonyl (C=O) groups is 1. The molecule has 1 heterocycles. The topological polar surface area (TPSA) is 55.1 Å². The van der Waals surface area contributed by atoms with E-state index in [9.17, 15) is 13.6 Å². The number of carboxylic acids is 1. The largest absolute Gasteiger partial charge is 0.477 e. The summed E-state index contributed by atoms with van der Waals surface area (Å²) in [5.74, 6) is -1.16. The van der Waals surface area contributed by atoms with E-state index < -0.39 is 12.4 Å². The van der Waals surface area contributed by atoms with E-state index in [1.807, 2.05) is 0 Å². The van der Waals surface area contributed by atoms with E-state index in [4.69, 9.17) is 5.11 Å². The summed E-state index contributed by atoms with van der Waals surface area (Å²) in [4.78, 5) is 14.0. The molecule has 13 heavy (non-hydrogen) atoms. The van der Waals surface area contributed by atoms with Gasteiger partial charge in [-0.05, 0) is 0 Å². The van der Waals surface area contributed by atoms with Gasteiger partial charge < -0.3 is 9.67 Å². The predicted molar refractivity (Wildman–Crippen MR) is 39.8 cm³/mol. The first-order chi connectivity index (χ1) is 6.11. The van der Waals surface area contributed by atoms with E-state index >= 15 is 0 Å². The molecule has 0 amide bonds. The van der Waals surface area contributed by atoms with Crippen LogP contribution in [0.2, 0.25) is 0 Å². The fourth-order valence-electron chi connectivity index (χ4n) is 0.914. The van der Waals surface area contributed by atoms with Crippen molar-refractivity contribution in [1.29, 1.82) is 0 Å². The van der Waals surface area contributed by atoms with E-state index in [-0.39, 0.29) is 18.7 Å². The van der Waals surface area contributed by atoms with Gasteiger partial charge in [0.2, 0.25) is 6.43 Å². The third kappa shape index (κ3) is 2.50. The quantitative estimate of drug-likeness (QED) is 0.776. The minimum Gasteiger partial charge on any atom is -0.477 e. The summed E-state index contributed by atoms with van der Waals surface area (Å²) in [6, 6.07) is 0. The van der Waals surface area contributed by atoms with Gasteiger partial charge >= 0.3 is 5.97 Å². The normalized spacial score (nSPS) is 10.7. The van der Waals surface area contributed by atoms with Gasteiger partial charge in [-0.2, -0.15) is 0 Å². The number of carboxylic acid groups (broad SMARTS) is 1. The van der Waals surface area contributed by atoms with Crippen molar-refractivity contribution in [3.8, 4) is 0 Å². The molecule has 0 radical (unpaired) electrons. The lowest BCUT2D eigenvalue weighted by molar-refractivity contribution is 0.0681. The minimum atomic E-state index is -2.43. The van der Waals surface area contributed by atoms with Gasteiger partial charge in [0, 0.05) is 13.0 Å². The monoisotopic (exact) mass is 190 g/mol. The van der Waals surface area contributed by atoms with Crippen LogP contribution >= 0.6 is 0 Å². The summed E-state index contributed by atoms with van der Waals surface area (Å²) in [5.41, 5.74) is -0.0688. The average Bonchev–Trinajstić information content (AvgIpc) is 2.47. The molecule has 0 saturated heterocycles. The van der Waals surface area contributed by atoms with Gasteiger partial charge in [0.15, 0.2) is 0 Å². The highest BCUT2D eigenvalue weighted by Gasteiger charge is 2.11. The number of hydrogen-bond acceptors (Lipinski definition) is 2. The molecule has 1 aromatic heterocycles. The van der Waals surface area contributed by atoms with Crippen LogP contribution in [-0.2, 0) is 6.54 Å². The summed E-state index contributed by atoms with van der Waals surface area (Å²) in [6.07, 6.45) is -0.431. The van der Waals surface area contributed by atoms with Crippen LogP contribution in [0.1, 0.15) is 16.9 Å². The van der Waals surface area contributed by atoms with Crippen LogP contribution in [0.15, 0.2) is 12.5 Å². The molecule has 0 saturated carbocycles. The molecule has 0 atom stereocenters. The van der Waals surface area contributed by atoms with Gasteiger partial charge in [0.1, 0.15) is 5.69 Å². The summed E-state index contributed by atoms with van der Waals surface area (Å²) in [7, 11) is 0. The van der Waals surface area contributed by atoms with Gasteiger partial charge in [0.25, 0.3) is 0 Å². The summed E-state index contributed by atoms with van der Waals surface area (Å²) < 4.78 is 24.7. The number of halogens is 2. The third-order valence-corrected chi connectivity index (χ3v) is 1.52. The molecule has 0 fully saturated rings. The standard InChI is InChI=1S/C7H8F2N2O2/c8-6(9)1-2-11-4-10-3-5(11)7(12)13/h3-4,6H,1-2H2,(H,12,13). The summed E-state index contributed by atoms with van der Waals surface area (Å²) in [6.45, 7) is -0.0285. The zero-order valence-corrected chi connectivity index (χ0v) is 6.65. The lowest BCUT2D eigenvalue weighted by atomic mass is 10.4. The first-order valence-electron chi connectivity index (χ1n) is 3.63.